The van der Waals surface area contributed by atoms with Crippen molar-refractivity contribution in [1.29, 1.82) is 0 Å². The smallest absolute Gasteiger partial charge is 0.368 e. The molecule has 0 atom stereocenters. The molecule has 1 aromatic heterocycles. The zero-order valence-corrected chi connectivity index (χ0v) is 9.66. The van der Waals surface area contributed by atoms with Gasteiger partial charge in [0.1, 0.15) is 11.5 Å². The molecule has 0 saturated carbocycles. The van der Waals surface area contributed by atoms with Crippen LogP contribution in [0.15, 0.2) is 12.1 Å². The van der Waals surface area contributed by atoms with Gasteiger partial charge in [0.05, 0.1) is 6.54 Å². The van der Waals surface area contributed by atoms with Gasteiger partial charge in [-0.25, -0.2) is 4.98 Å². The lowest BCUT2D eigenvalue weighted by Crippen LogP contribution is -2.32. The second-order valence-corrected chi connectivity index (χ2v) is 3.70. The van der Waals surface area contributed by atoms with Gasteiger partial charge >= 0.3 is 6.18 Å². The summed E-state index contributed by atoms with van der Waals surface area (Å²) in [5, 5.41) is 0. The van der Waals surface area contributed by atoms with Crippen LogP contribution in [0, 0.1) is 0 Å². The van der Waals surface area contributed by atoms with Crippen LogP contribution in [0.2, 0.25) is 0 Å². The standard InChI is InChI=1S/C10H13F3N4O/c1-17(5-8(15)18)9-6(4-14)2-3-7(16-9)10(11,12)13/h2-3H,4-5,14H2,1H3,(H2,15,18). The quantitative estimate of drug-likeness (QED) is 0.826. The summed E-state index contributed by atoms with van der Waals surface area (Å²) >= 11 is 0. The van der Waals surface area contributed by atoms with Crippen molar-refractivity contribution in [1.82, 2.24) is 4.98 Å². The summed E-state index contributed by atoms with van der Waals surface area (Å²) in [7, 11) is 1.42. The number of nitrogens with two attached hydrogens (primary N) is 2. The van der Waals surface area contributed by atoms with E-state index in [9.17, 15) is 18.0 Å². The number of hydrogen-bond acceptors (Lipinski definition) is 4. The number of carbonyl (C=O) groups is 1. The Balaban J connectivity index is 3.17. The van der Waals surface area contributed by atoms with Crippen LogP contribution in [0.4, 0.5) is 19.0 Å². The minimum Gasteiger partial charge on any atom is -0.368 e. The van der Waals surface area contributed by atoms with Crippen LogP contribution >= 0.6 is 0 Å². The van der Waals surface area contributed by atoms with Gasteiger partial charge in [-0.15, -0.1) is 0 Å². The number of halogens is 3. The third-order valence-corrected chi connectivity index (χ3v) is 2.22. The van der Waals surface area contributed by atoms with Crippen molar-refractivity contribution in [3.05, 3.63) is 23.4 Å². The number of aromatic nitrogens is 1. The molecule has 8 heteroatoms. The lowest BCUT2D eigenvalue weighted by Gasteiger charge is -2.20. The van der Waals surface area contributed by atoms with Crippen LogP contribution in [-0.2, 0) is 17.5 Å². The van der Waals surface area contributed by atoms with Gasteiger partial charge < -0.3 is 16.4 Å². The summed E-state index contributed by atoms with van der Waals surface area (Å²) in [6.45, 7) is -0.217. The molecule has 1 aromatic rings. The van der Waals surface area contributed by atoms with Crippen LogP contribution < -0.4 is 16.4 Å². The average Bonchev–Trinajstić information content (AvgIpc) is 2.26. The van der Waals surface area contributed by atoms with Crippen LogP contribution in [0.25, 0.3) is 0 Å². The number of anilines is 1. The minimum atomic E-state index is -4.55. The minimum absolute atomic E-state index is 0.00567. The fraction of sp³-hybridized carbons (Fsp3) is 0.400. The molecule has 0 aliphatic carbocycles. The first kappa shape index (κ1) is 14.2. The highest BCUT2D eigenvalue weighted by Crippen LogP contribution is 2.30. The highest BCUT2D eigenvalue weighted by atomic mass is 19.4. The molecule has 0 radical (unpaired) electrons. The number of hydrogen-bond donors (Lipinski definition) is 2. The number of nitrogens with zero attached hydrogens (tertiary/aromatic N) is 2. The molecule has 0 aliphatic rings. The molecule has 1 rings (SSSR count). The normalized spacial score (nSPS) is 11.4. The number of rotatable bonds is 4. The summed E-state index contributed by atoms with van der Waals surface area (Å²) in [4.78, 5) is 15.5. The van der Waals surface area contributed by atoms with Crippen molar-refractivity contribution in [3.8, 4) is 0 Å². The first-order valence-electron chi connectivity index (χ1n) is 5.02. The first-order valence-corrected chi connectivity index (χ1v) is 5.02. The molecule has 0 saturated heterocycles. The predicted molar refractivity (Wildman–Crippen MR) is 59.6 cm³/mol. The number of likely N-dealkylation sites (N-methyl/N-ethyl adjacent to an activating group) is 1. The maximum atomic E-state index is 12.5. The van der Waals surface area contributed by atoms with E-state index >= 15 is 0 Å². The lowest BCUT2D eigenvalue weighted by atomic mass is 10.2. The summed E-state index contributed by atoms with van der Waals surface area (Å²) in [5.41, 5.74) is 9.77. The number of pyridine rings is 1. The van der Waals surface area contributed by atoms with Gasteiger partial charge in [0.25, 0.3) is 0 Å². The molecule has 5 nitrogen and oxygen atoms in total. The van der Waals surface area contributed by atoms with Crippen molar-refractivity contribution in [2.24, 2.45) is 11.5 Å². The second kappa shape index (κ2) is 5.21. The molecule has 1 heterocycles. The molecular formula is C10H13F3N4O. The largest absolute Gasteiger partial charge is 0.433 e. The fourth-order valence-electron chi connectivity index (χ4n) is 1.43. The van der Waals surface area contributed by atoms with Gasteiger partial charge in [0.2, 0.25) is 5.91 Å². The van der Waals surface area contributed by atoms with Crippen molar-refractivity contribution >= 4 is 11.7 Å². The van der Waals surface area contributed by atoms with Gasteiger partial charge in [0, 0.05) is 19.2 Å². The highest BCUT2D eigenvalue weighted by molar-refractivity contribution is 5.79. The van der Waals surface area contributed by atoms with Gasteiger partial charge in [-0.2, -0.15) is 13.2 Å². The third-order valence-electron chi connectivity index (χ3n) is 2.22. The van der Waals surface area contributed by atoms with Gasteiger partial charge in [-0.3, -0.25) is 4.79 Å². The molecule has 0 aromatic carbocycles. The Morgan fingerprint density at radius 3 is 2.50 bits per heavy atom. The Bertz CT molecular complexity index is 447. The molecule has 0 spiro atoms. The molecule has 0 fully saturated rings. The van der Waals surface area contributed by atoms with E-state index in [2.05, 4.69) is 4.98 Å². The highest BCUT2D eigenvalue weighted by Gasteiger charge is 2.33. The Hall–Kier alpha value is -1.83. The van der Waals surface area contributed by atoms with E-state index in [1.807, 2.05) is 0 Å². The van der Waals surface area contributed by atoms with E-state index in [1.165, 1.54) is 18.0 Å². The van der Waals surface area contributed by atoms with Gasteiger partial charge in [0.15, 0.2) is 0 Å². The van der Waals surface area contributed by atoms with E-state index in [-0.39, 0.29) is 18.9 Å². The van der Waals surface area contributed by atoms with Gasteiger partial charge in [-0.05, 0) is 6.07 Å². The molecule has 0 unspecified atom stereocenters. The third kappa shape index (κ3) is 3.33. The van der Waals surface area contributed by atoms with Crippen LogP contribution in [0.1, 0.15) is 11.3 Å². The van der Waals surface area contributed by atoms with Crippen molar-refractivity contribution in [2.75, 3.05) is 18.5 Å². The van der Waals surface area contributed by atoms with Crippen molar-refractivity contribution in [2.45, 2.75) is 12.7 Å². The monoisotopic (exact) mass is 262 g/mol. The average molecular weight is 262 g/mol. The predicted octanol–water partition coefficient (Wildman–Crippen LogP) is 0.481. The molecule has 4 N–H and O–H groups in total. The Labute approximate surface area is 102 Å². The topological polar surface area (TPSA) is 85.2 Å². The van der Waals surface area contributed by atoms with Crippen LogP contribution in [0.5, 0.6) is 0 Å². The molecule has 1 amide bonds. The molecular weight excluding hydrogens is 249 g/mol. The van der Waals surface area contributed by atoms with E-state index in [0.717, 1.165) is 6.07 Å². The van der Waals surface area contributed by atoms with Crippen molar-refractivity contribution in [3.63, 3.8) is 0 Å². The fourth-order valence-corrected chi connectivity index (χ4v) is 1.43. The van der Waals surface area contributed by atoms with E-state index in [4.69, 9.17) is 11.5 Å². The summed E-state index contributed by atoms with van der Waals surface area (Å²) < 4.78 is 37.6. The molecule has 0 bridgehead atoms. The number of carbonyl (C=O) groups excluding carboxylic acids is 1. The molecule has 0 aliphatic heterocycles. The zero-order chi connectivity index (χ0) is 13.9. The number of alkyl halides is 3. The molecule has 18 heavy (non-hydrogen) atoms. The molecule has 100 valence electrons. The Morgan fingerprint density at radius 1 is 1.44 bits per heavy atom. The maximum absolute atomic E-state index is 12.5. The number of amides is 1. The van der Waals surface area contributed by atoms with E-state index in [0.29, 0.717) is 5.56 Å². The van der Waals surface area contributed by atoms with Crippen LogP contribution in [-0.4, -0.2) is 24.5 Å². The number of primary amides is 1. The van der Waals surface area contributed by atoms with E-state index in [1.54, 1.807) is 0 Å². The lowest BCUT2D eigenvalue weighted by molar-refractivity contribution is -0.141. The SMILES string of the molecule is CN(CC(N)=O)c1nc(C(F)(F)F)ccc1CN. The summed E-state index contributed by atoms with van der Waals surface area (Å²) in [6, 6.07) is 2.09. The maximum Gasteiger partial charge on any atom is 0.433 e. The Kier molecular flexibility index (Phi) is 4.12. The van der Waals surface area contributed by atoms with Crippen molar-refractivity contribution < 1.29 is 18.0 Å². The summed E-state index contributed by atoms with van der Waals surface area (Å²) in [6.07, 6.45) is -4.55. The van der Waals surface area contributed by atoms with Crippen LogP contribution in [0.3, 0.4) is 0 Å². The van der Waals surface area contributed by atoms with Gasteiger partial charge in [-0.1, -0.05) is 6.07 Å². The zero-order valence-electron chi connectivity index (χ0n) is 9.66. The first-order chi connectivity index (χ1) is 8.25. The summed E-state index contributed by atoms with van der Waals surface area (Å²) in [5.74, 6) is -0.661. The van der Waals surface area contributed by atoms with E-state index < -0.39 is 17.8 Å². The second-order valence-electron chi connectivity index (χ2n) is 3.70. The Morgan fingerprint density at radius 2 is 2.06 bits per heavy atom.